The van der Waals surface area contributed by atoms with E-state index in [4.69, 9.17) is 5.73 Å². The van der Waals surface area contributed by atoms with Crippen molar-refractivity contribution in [3.8, 4) is 0 Å². The fraction of sp³-hybridized carbons (Fsp3) is 0.533. The molecule has 3 heteroatoms. The first-order valence-electron chi connectivity index (χ1n) is 6.66. The van der Waals surface area contributed by atoms with Crippen molar-refractivity contribution in [2.75, 3.05) is 0 Å². The van der Waals surface area contributed by atoms with Crippen LogP contribution in [0.15, 0.2) is 24.3 Å². The predicted octanol–water partition coefficient (Wildman–Crippen LogP) is 2.55. The van der Waals surface area contributed by atoms with Crippen LogP contribution in [0.5, 0.6) is 0 Å². The standard InChI is InChI=1S/C15H24N2O/c1-4-5-14(16)15(18)17-10-12-6-8-13(9-7-12)11(2)3/h6-9,11,14H,4-5,10,16H2,1-3H3,(H,17,18)/t14-/m0/s1. The van der Waals surface area contributed by atoms with Crippen LogP contribution in [0.25, 0.3) is 0 Å². The highest BCUT2D eigenvalue weighted by Gasteiger charge is 2.11. The van der Waals surface area contributed by atoms with E-state index in [1.807, 2.05) is 6.92 Å². The van der Waals surface area contributed by atoms with Gasteiger partial charge in [0.25, 0.3) is 0 Å². The van der Waals surface area contributed by atoms with Crippen molar-refractivity contribution in [2.45, 2.75) is 52.1 Å². The van der Waals surface area contributed by atoms with Gasteiger partial charge in [-0.2, -0.15) is 0 Å². The molecule has 0 unspecified atom stereocenters. The highest BCUT2D eigenvalue weighted by molar-refractivity contribution is 5.81. The Morgan fingerprint density at radius 1 is 1.28 bits per heavy atom. The first-order valence-corrected chi connectivity index (χ1v) is 6.66. The van der Waals surface area contributed by atoms with E-state index in [0.717, 1.165) is 18.4 Å². The molecule has 1 rings (SSSR count). The van der Waals surface area contributed by atoms with Gasteiger partial charge in [-0.15, -0.1) is 0 Å². The Bertz CT molecular complexity index is 371. The van der Waals surface area contributed by atoms with Gasteiger partial charge in [-0.25, -0.2) is 0 Å². The number of hydrogen-bond donors (Lipinski definition) is 2. The normalized spacial score (nSPS) is 12.5. The Hall–Kier alpha value is -1.35. The van der Waals surface area contributed by atoms with Gasteiger partial charge in [-0.1, -0.05) is 51.5 Å². The summed E-state index contributed by atoms with van der Waals surface area (Å²) < 4.78 is 0. The minimum absolute atomic E-state index is 0.0650. The Balaban J connectivity index is 2.46. The predicted molar refractivity (Wildman–Crippen MR) is 75.3 cm³/mol. The smallest absolute Gasteiger partial charge is 0.237 e. The summed E-state index contributed by atoms with van der Waals surface area (Å²) in [6.07, 6.45) is 1.66. The quantitative estimate of drug-likeness (QED) is 0.813. The van der Waals surface area contributed by atoms with Gasteiger partial charge >= 0.3 is 0 Å². The summed E-state index contributed by atoms with van der Waals surface area (Å²) in [7, 11) is 0. The zero-order valence-electron chi connectivity index (χ0n) is 11.6. The van der Waals surface area contributed by atoms with Crippen molar-refractivity contribution < 1.29 is 4.79 Å². The van der Waals surface area contributed by atoms with Crippen molar-refractivity contribution in [1.29, 1.82) is 0 Å². The lowest BCUT2D eigenvalue weighted by atomic mass is 10.0. The van der Waals surface area contributed by atoms with Crippen LogP contribution in [0.4, 0.5) is 0 Å². The highest BCUT2D eigenvalue weighted by Crippen LogP contribution is 2.14. The Morgan fingerprint density at radius 3 is 2.39 bits per heavy atom. The third kappa shape index (κ3) is 4.49. The van der Waals surface area contributed by atoms with E-state index in [0.29, 0.717) is 12.5 Å². The van der Waals surface area contributed by atoms with Crippen molar-refractivity contribution in [2.24, 2.45) is 5.73 Å². The van der Waals surface area contributed by atoms with E-state index in [1.165, 1.54) is 5.56 Å². The molecule has 18 heavy (non-hydrogen) atoms. The number of carbonyl (C=O) groups is 1. The first kappa shape index (κ1) is 14.7. The number of rotatable bonds is 6. The van der Waals surface area contributed by atoms with Crippen LogP contribution in [0, 0.1) is 0 Å². The molecule has 1 aromatic carbocycles. The van der Waals surface area contributed by atoms with Crippen LogP contribution in [0.2, 0.25) is 0 Å². The summed E-state index contributed by atoms with van der Waals surface area (Å²) in [4.78, 5) is 11.6. The molecule has 0 spiro atoms. The highest BCUT2D eigenvalue weighted by atomic mass is 16.2. The first-order chi connectivity index (χ1) is 8.54. The number of hydrogen-bond acceptors (Lipinski definition) is 2. The second-order valence-electron chi connectivity index (χ2n) is 5.01. The molecule has 0 aliphatic heterocycles. The molecular formula is C15H24N2O. The van der Waals surface area contributed by atoms with Crippen LogP contribution in [-0.4, -0.2) is 11.9 Å². The van der Waals surface area contributed by atoms with Gasteiger partial charge in [-0.05, 0) is 23.5 Å². The van der Waals surface area contributed by atoms with Crippen molar-refractivity contribution in [3.05, 3.63) is 35.4 Å². The topological polar surface area (TPSA) is 55.1 Å². The lowest BCUT2D eigenvalue weighted by Gasteiger charge is -2.12. The molecule has 0 fully saturated rings. The number of nitrogens with two attached hydrogens (primary N) is 1. The van der Waals surface area contributed by atoms with Crippen LogP contribution in [0.1, 0.15) is 50.7 Å². The van der Waals surface area contributed by atoms with Gasteiger partial charge in [0.05, 0.1) is 6.04 Å². The summed E-state index contributed by atoms with van der Waals surface area (Å²) in [5.41, 5.74) is 8.16. The summed E-state index contributed by atoms with van der Waals surface area (Å²) in [6.45, 7) is 6.91. The second kappa shape index (κ2) is 7.17. The maximum Gasteiger partial charge on any atom is 0.237 e. The van der Waals surface area contributed by atoms with Crippen LogP contribution in [0.3, 0.4) is 0 Å². The van der Waals surface area contributed by atoms with Crippen molar-refractivity contribution in [3.63, 3.8) is 0 Å². The van der Waals surface area contributed by atoms with Crippen LogP contribution in [-0.2, 0) is 11.3 Å². The molecule has 0 saturated heterocycles. The molecule has 0 aliphatic carbocycles. The fourth-order valence-corrected chi connectivity index (χ4v) is 1.78. The molecule has 3 nitrogen and oxygen atoms in total. The second-order valence-corrected chi connectivity index (χ2v) is 5.01. The summed E-state index contributed by atoms with van der Waals surface area (Å²) in [6, 6.07) is 7.95. The molecular weight excluding hydrogens is 224 g/mol. The average molecular weight is 248 g/mol. The third-order valence-corrected chi connectivity index (χ3v) is 3.05. The van der Waals surface area contributed by atoms with E-state index in [9.17, 15) is 4.79 Å². The minimum atomic E-state index is -0.384. The number of amides is 1. The number of nitrogens with one attached hydrogen (secondary N) is 1. The van der Waals surface area contributed by atoms with E-state index >= 15 is 0 Å². The van der Waals surface area contributed by atoms with Gasteiger partial charge < -0.3 is 11.1 Å². The number of carbonyl (C=O) groups excluding carboxylic acids is 1. The molecule has 0 saturated carbocycles. The largest absolute Gasteiger partial charge is 0.351 e. The summed E-state index contributed by atoms with van der Waals surface area (Å²) in [5.74, 6) is 0.469. The average Bonchev–Trinajstić information content (AvgIpc) is 2.36. The molecule has 1 amide bonds. The summed E-state index contributed by atoms with van der Waals surface area (Å²) in [5, 5.41) is 2.87. The minimum Gasteiger partial charge on any atom is -0.351 e. The van der Waals surface area contributed by atoms with Gasteiger partial charge in [0.2, 0.25) is 5.91 Å². The molecule has 0 heterocycles. The zero-order valence-corrected chi connectivity index (χ0v) is 11.6. The molecule has 3 N–H and O–H groups in total. The molecule has 1 atom stereocenters. The van der Waals surface area contributed by atoms with E-state index in [2.05, 4.69) is 43.4 Å². The molecule has 0 radical (unpaired) electrons. The van der Waals surface area contributed by atoms with Crippen LogP contribution < -0.4 is 11.1 Å². The Labute approximate surface area is 110 Å². The fourth-order valence-electron chi connectivity index (χ4n) is 1.78. The lowest BCUT2D eigenvalue weighted by molar-refractivity contribution is -0.122. The monoisotopic (exact) mass is 248 g/mol. The van der Waals surface area contributed by atoms with Crippen molar-refractivity contribution in [1.82, 2.24) is 5.32 Å². The molecule has 0 aliphatic rings. The molecule has 0 bridgehead atoms. The van der Waals surface area contributed by atoms with Gasteiger partial charge in [0.15, 0.2) is 0 Å². The lowest BCUT2D eigenvalue weighted by Crippen LogP contribution is -2.40. The Kier molecular flexibility index (Phi) is 5.86. The van der Waals surface area contributed by atoms with E-state index in [1.54, 1.807) is 0 Å². The zero-order chi connectivity index (χ0) is 13.5. The van der Waals surface area contributed by atoms with Gasteiger partial charge in [0, 0.05) is 6.54 Å². The Morgan fingerprint density at radius 2 is 1.89 bits per heavy atom. The number of benzene rings is 1. The maximum atomic E-state index is 11.6. The molecule has 1 aromatic rings. The third-order valence-electron chi connectivity index (χ3n) is 3.05. The SMILES string of the molecule is CCC[C@H](N)C(=O)NCc1ccc(C(C)C)cc1. The van der Waals surface area contributed by atoms with Gasteiger partial charge in [-0.3, -0.25) is 4.79 Å². The van der Waals surface area contributed by atoms with E-state index < -0.39 is 0 Å². The van der Waals surface area contributed by atoms with Crippen LogP contribution >= 0.6 is 0 Å². The van der Waals surface area contributed by atoms with Gasteiger partial charge in [0.1, 0.15) is 0 Å². The summed E-state index contributed by atoms with van der Waals surface area (Å²) >= 11 is 0. The van der Waals surface area contributed by atoms with E-state index in [-0.39, 0.29) is 11.9 Å². The maximum absolute atomic E-state index is 11.6. The molecule has 100 valence electrons. The van der Waals surface area contributed by atoms with Crippen molar-refractivity contribution >= 4 is 5.91 Å². The molecule has 0 aromatic heterocycles.